The second-order valence-corrected chi connectivity index (χ2v) is 7.42. The number of nitrogens with one attached hydrogen (secondary N) is 1. The highest BCUT2D eigenvalue weighted by Gasteiger charge is 2.23. The van der Waals surface area contributed by atoms with Gasteiger partial charge in [0.05, 0.1) is 22.0 Å². The number of aromatic nitrogens is 2. The SMILES string of the molecule is CCC(C)(C)NC(=O)C(C)Sc1nc2ccccc2nc1C. The third-order valence-electron chi connectivity index (χ3n) is 3.70. The summed E-state index contributed by atoms with van der Waals surface area (Å²) >= 11 is 1.46. The lowest BCUT2D eigenvalue weighted by atomic mass is 10.0. The van der Waals surface area contributed by atoms with Gasteiger partial charge in [-0.2, -0.15) is 0 Å². The van der Waals surface area contributed by atoms with Crippen molar-refractivity contribution in [2.75, 3.05) is 0 Å². The highest BCUT2D eigenvalue weighted by atomic mass is 32.2. The van der Waals surface area contributed by atoms with E-state index in [9.17, 15) is 4.79 Å². The first-order valence-electron chi connectivity index (χ1n) is 7.54. The Kier molecular flexibility index (Phi) is 5.06. The molecule has 1 atom stereocenters. The molecule has 4 nitrogen and oxygen atoms in total. The number of aryl methyl sites for hydroxylation is 1. The summed E-state index contributed by atoms with van der Waals surface area (Å²) in [4.78, 5) is 21.5. The van der Waals surface area contributed by atoms with E-state index in [2.05, 4.69) is 22.2 Å². The van der Waals surface area contributed by atoms with Crippen LogP contribution in [0.2, 0.25) is 0 Å². The fourth-order valence-corrected chi connectivity index (χ4v) is 2.80. The molecule has 0 aliphatic rings. The molecule has 118 valence electrons. The number of carbonyl (C=O) groups excluding carboxylic acids is 1. The Morgan fingerprint density at radius 3 is 2.45 bits per heavy atom. The summed E-state index contributed by atoms with van der Waals surface area (Å²) in [5.41, 5.74) is 2.42. The molecular weight excluding hydrogens is 294 g/mol. The fraction of sp³-hybridized carbons (Fsp3) is 0.471. The molecule has 1 aromatic heterocycles. The van der Waals surface area contributed by atoms with Crippen molar-refractivity contribution in [3.63, 3.8) is 0 Å². The number of carbonyl (C=O) groups is 1. The molecule has 0 saturated heterocycles. The van der Waals surface area contributed by atoms with Crippen LogP contribution in [0.5, 0.6) is 0 Å². The number of para-hydroxylation sites is 2. The first-order chi connectivity index (χ1) is 10.3. The summed E-state index contributed by atoms with van der Waals surface area (Å²) in [7, 11) is 0. The molecule has 0 bridgehead atoms. The number of amides is 1. The molecule has 1 aromatic carbocycles. The van der Waals surface area contributed by atoms with E-state index >= 15 is 0 Å². The maximum atomic E-state index is 12.3. The van der Waals surface area contributed by atoms with Crippen LogP contribution in [0, 0.1) is 6.92 Å². The summed E-state index contributed by atoms with van der Waals surface area (Å²) in [6.45, 7) is 9.97. The number of rotatable bonds is 5. The lowest BCUT2D eigenvalue weighted by molar-refractivity contribution is -0.121. The molecule has 0 aliphatic carbocycles. The standard InChI is InChI=1S/C17H23N3OS/c1-6-17(4,5)20-15(21)12(3)22-16-11(2)18-13-9-7-8-10-14(13)19-16/h7-10,12H,6H2,1-5H3,(H,20,21). The molecule has 1 N–H and O–H groups in total. The van der Waals surface area contributed by atoms with Gasteiger partial charge in [0.25, 0.3) is 0 Å². The van der Waals surface area contributed by atoms with Crippen LogP contribution >= 0.6 is 11.8 Å². The zero-order chi connectivity index (χ0) is 16.3. The van der Waals surface area contributed by atoms with Crippen LogP contribution < -0.4 is 5.32 Å². The van der Waals surface area contributed by atoms with E-state index in [-0.39, 0.29) is 16.7 Å². The Morgan fingerprint density at radius 2 is 1.86 bits per heavy atom. The van der Waals surface area contributed by atoms with Crippen molar-refractivity contribution in [2.24, 2.45) is 0 Å². The fourth-order valence-electron chi connectivity index (χ4n) is 1.93. The molecule has 1 amide bonds. The largest absolute Gasteiger partial charge is 0.350 e. The van der Waals surface area contributed by atoms with Crippen molar-refractivity contribution in [2.45, 2.75) is 56.9 Å². The zero-order valence-corrected chi connectivity index (χ0v) is 14.6. The second kappa shape index (κ2) is 6.65. The van der Waals surface area contributed by atoms with Gasteiger partial charge in [0, 0.05) is 5.54 Å². The van der Waals surface area contributed by atoms with E-state index < -0.39 is 0 Å². The average molecular weight is 317 g/mol. The number of hydrogen-bond acceptors (Lipinski definition) is 4. The minimum Gasteiger partial charge on any atom is -0.350 e. The van der Waals surface area contributed by atoms with Gasteiger partial charge in [-0.15, -0.1) is 0 Å². The van der Waals surface area contributed by atoms with E-state index in [0.717, 1.165) is 28.2 Å². The molecule has 5 heteroatoms. The lowest BCUT2D eigenvalue weighted by Crippen LogP contribution is -2.46. The Bertz CT molecular complexity index is 685. The van der Waals surface area contributed by atoms with E-state index in [0.29, 0.717) is 0 Å². The maximum Gasteiger partial charge on any atom is 0.233 e. The number of thioether (sulfide) groups is 1. The van der Waals surface area contributed by atoms with Gasteiger partial charge in [0.2, 0.25) is 5.91 Å². The van der Waals surface area contributed by atoms with Gasteiger partial charge in [-0.25, -0.2) is 9.97 Å². The molecule has 1 heterocycles. The lowest BCUT2D eigenvalue weighted by Gasteiger charge is -2.26. The van der Waals surface area contributed by atoms with Gasteiger partial charge in [-0.3, -0.25) is 4.79 Å². The highest BCUT2D eigenvalue weighted by Crippen LogP contribution is 2.26. The Labute approximate surface area is 136 Å². The summed E-state index contributed by atoms with van der Waals surface area (Å²) in [5.74, 6) is 0.0335. The molecule has 0 saturated carbocycles. The van der Waals surface area contributed by atoms with Crippen LogP contribution in [0.1, 0.15) is 39.8 Å². The minimum absolute atomic E-state index is 0.0335. The Hall–Kier alpha value is -1.62. The van der Waals surface area contributed by atoms with Crippen LogP contribution in [0.4, 0.5) is 0 Å². The summed E-state index contributed by atoms with van der Waals surface area (Å²) < 4.78 is 0. The third-order valence-corrected chi connectivity index (χ3v) is 4.88. The van der Waals surface area contributed by atoms with E-state index in [1.54, 1.807) is 0 Å². The Balaban J connectivity index is 2.16. The van der Waals surface area contributed by atoms with Gasteiger partial charge >= 0.3 is 0 Å². The molecule has 22 heavy (non-hydrogen) atoms. The van der Waals surface area contributed by atoms with Crippen molar-refractivity contribution >= 4 is 28.7 Å². The normalized spacial score (nSPS) is 13.1. The third kappa shape index (κ3) is 3.97. The monoisotopic (exact) mass is 317 g/mol. The van der Waals surface area contributed by atoms with Gasteiger partial charge in [-0.05, 0) is 46.2 Å². The van der Waals surface area contributed by atoms with Crippen LogP contribution in [0.25, 0.3) is 11.0 Å². The number of benzene rings is 1. The summed E-state index contributed by atoms with van der Waals surface area (Å²) in [6, 6.07) is 7.79. The average Bonchev–Trinajstić information content (AvgIpc) is 2.47. The van der Waals surface area contributed by atoms with Gasteiger partial charge in [0.1, 0.15) is 5.03 Å². The first kappa shape index (κ1) is 16.7. The van der Waals surface area contributed by atoms with E-state index in [4.69, 9.17) is 0 Å². The molecule has 0 spiro atoms. The summed E-state index contributed by atoms with van der Waals surface area (Å²) in [5, 5.41) is 3.68. The van der Waals surface area contributed by atoms with Gasteiger partial charge < -0.3 is 5.32 Å². The van der Waals surface area contributed by atoms with E-state index in [1.807, 2.05) is 52.0 Å². The van der Waals surface area contributed by atoms with Gasteiger partial charge in [0.15, 0.2) is 0 Å². The summed E-state index contributed by atoms with van der Waals surface area (Å²) in [6.07, 6.45) is 0.894. The van der Waals surface area contributed by atoms with Crippen LogP contribution in [-0.2, 0) is 4.79 Å². The van der Waals surface area contributed by atoms with Crippen molar-refractivity contribution in [1.82, 2.24) is 15.3 Å². The van der Waals surface area contributed by atoms with Crippen LogP contribution in [-0.4, -0.2) is 26.7 Å². The Morgan fingerprint density at radius 1 is 1.27 bits per heavy atom. The maximum absolute atomic E-state index is 12.3. The highest BCUT2D eigenvalue weighted by molar-refractivity contribution is 8.00. The van der Waals surface area contributed by atoms with Crippen LogP contribution in [0.3, 0.4) is 0 Å². The smallest absolute Gasteiger partial charge is 0.233 e. The minimum atomic E-state index is -0.208. The van der Waals surface area contributed by atoms with Crippen molar-refractivity contribution in [3.8, 4) is 0 Å². The van der Waals surface area contributed by atoms with Crippen molar-refractivity contribution in [1.29, 1.82) is 0 Å². The van der Waals surface area contributed by atoms with E-state index in [1.165, 1.54) is 11.8 Å². The molecule has 0 fully saturated rings. The van der Waals surface area contributed by atoms with Crippen molar-refractivity contribution in [3.05, 3.63) is 30.0 Å². The molecule has 0 radical (unpaired) electrons. The van der Waals surface area contributed by atoms with Gasteiger partial charge in [-0.1, -0.05) is 30.8 Å². The second-order valence-electron chi connectivity index (χ2n) is 6.09. The zero-order valence-electron chi connectivity index (χ0n) is 13.8. The molecule has 2 aromatic rings. The van der Waals surface area contributed by atoms with Crippen molar-refractivity contribution < 1.29 is 4.79 Å². The molecule has 1 unspecified atom stereocenters. The topological polar surface area (TPSA) is 54.9 Å². The molecular formula is C17H23N3OS. The number of fused-ring (bicyclic) bond motifs is 1. The first-order valence-corrected chi connectivity index (χ1v) is 8.42. The van der Waals surface area contributed by atoms with Crippen LogP contribution in [0.15, 0.2) is 29.3 Å². The quantitative estimate of drug-likeness (QED) is 0.854. The molecule has 2 rings (SSSR count). The predicted molar refractivity (Wildman–Crippen MR) is 92.1 cm³/mol. The predicted octanol–water partition coefficient (Wildman–Crippen LogP) is 3.72. The number of hydrogen-bond donors (Lipinski definition) is 1. The molecule has 0 aliphatic heterocycles. The number of nitrogens with zero attached hydrogens (tertiary/aromatic N) is 2.